The number of aryl methyl sites for hydroxylation is 1. The Morgan fingerprint density at radius 1 is 1.23 bits per heavy atom. The summed E-state index contributed by atoms with van der Waals surface area (Å²) in [6, 6.07) is 14.2. The van der Waals surface area contributed by atoms with Crippen LogP contribution in [0.3, 0.4) is 0 Å². The molecule has 0 aliphatic carbocycles. The summed E-state index contributed by atoms with van der Waals surface area (Å²) in [5.74, 6) is 1.57. The fourth-order valence-electron chi connectivity index (χ4n) is 3.30. The van der Waals surface area contributed by atoms with Crippen molar-refractivity contribution < 1.29 is 9.47 Å². The molecule has 0 N–H and O–H groups in total. The van der Waals surface area contributed by atoms with Gasteiger partial charge in [0.05, 0.1) is 0 Å². The van der Waals surface area contributed by atoms with E-state index in [4.69, 9.17) is 21.7 Å². The highest BCUT2D eigenvalue weighted by atomic mass is 32.1. The van der Waals surface area contributed by atoms with Crippen molar-refractivity contribution in [2.75, 3.05) is 11.5 Å². The summed E-state index contributed by atoms with van der Waals surface area (Å²) >= 11 is 5.36. The maximum atomic E-state index is 6.07. The zero-order valence-corrected chi connectivity index (χ0v) is 15.9. The van der Waals surface area contributed by atoms with Crippen molar-refractivity contribution in [1.82, 2.24) is 0 Å². The van der Waals surface area contributed by atoms with E-state index < -0.39 is 0 Å². The maximum absolute atomic E-state index is 6.07. The van der Waals surface area contributed by atoms with Gasteiger partial charge in [-0.2, -0.15) is 5.11 Å². The van der Waals surface area contributed by atoms with Gasteiger partial charge in [-0.1, -0.05) is 29.8 Å². The maximum Gasteiger partial charge on any atom is 0.222 e. The third-order valence-corrected chi connectivity index (χ3v) is 4.81. The third kappa shape index (κ3) is 3.17. The van der Waals surface area contributed by atoms with Gasteiger partial charge in [-0.05, 0) is 51.2 Å². The Balaban J connectivity index is 1.52. The van der Waals surface area contributed by atoms with Crippen LogP contribution in [0.25, 0.3) is 0 Å². The molecule has 4 rings (SSSR count). The monoisotopic (exact) mass is 367 g/mol. The molecule has 0 spiro atoms. The Morgan fingerprint density at radius 3 is 2.77 bits per heavy atom. The van der Waals surface area contributed by atoms with Gasteiger partial charge in [0.1, 0.15) is 12.2 Å². The van der Waals surface area contributed by atoms with Gasteiger partial charge < -0.3 is 9.47 Å². The molecule has 2 heterocycles. The highest BCUT2D eigenvalue weighted by molar-refractivity contribution is 7.80. The molecule has 6 heteroatoms. The smallest absolute Gasteiger partial charge is 0.222 e. The predicted octanol–water partition coefficient (Wildman–Crippen LogP) is 4.67. The van der Waals surface area contributed by atoms with E-state index in [1.165, 1.54) is 11.1 Å². The van der Waals surface area contributed by atoms with Crippen LogP contribution in [0.4, 0.5) is 5.69 Å². The zero-order chi connectivity index (χ0) is 18.3. The number of para-hydroxylation sites is 1. The summed E-state index contributed by atoms with van der Waals surface area (Å²) in [5, 5.41) is 8.81. The molecule has 0 radical (unpaired) electrons. The van der Waals surface area contributed by atoms with Crippen LogP contribution in [0, 0.1) is 6.92 Å². The molecule has 0 amide bonds. The van der Waals surface area contributed by atoms with Gasteiger partial charge in [-0.15, -0.1) is 5.11 Å². The number of azo groups is 1. The zero-order valence-electron chi connectivity index (χ0n) is 15.1. The Labute approximate surface area is 158 Å². The molecule has 0 saturated heterocycles. The second-order valence-electron chi connectivity index (χ2n) is 7.28. The minimum absolute atomic E-state index is 0.204. The Morgan fingerprint density at radius 2 is 2.00 bits per heavy atom. The van der Waals surface area contributed by atoms with E-state index >= 15 is 0 Å². The van der Waals surface area contributed by atoms with E-state index in [9.17, 15) is 0 Å². The van der Waals surface area contributed by atoms with Gasteiger partial charge in [-0.3, -0.25) is 4.90 Å². The summed E-state index contributed by atoms with van der Waals surface area (Å²) < 4.78 is 12.1. The summed E-state index contributed by atoms with van der Waals surface area (Å²) in [5.41, 5.74) is 3.13. The van der Waals surface area contributed by atoms with Crippen molar-refractivity contribution in [2.24, 2.45) is 10.2 Å². The first kappa shape index (κ1) is 17.0. The van der Waals surface area contributed by atoms with Crippen LogP contribution in [0.1, 0.15) is 25.0 Å². The van der Waals surface area contributed by atoms with E-state index in [1.54, 1.807) is 0 Å². The lowest BCUT2D eigenvalue weighted by Crippen LogP contribution is -2.37. The van der Waals surface area contributed by atoms with Crippen molar-refractivity contribution in [3.05, 3.63) is 53.6 Å². The van der Waals surface area contributed by atoms with Gasteiger partial charge >= 0.3 is 0 Å². The van der Waals surface area contributed by atoms with Crippen molar-refractivity contribution in [3.63, 3.8) is 0 Å². The van der Waals surface area contributed by atoms with E-state index in [1.807, 2.05) is 41.3 Å². The summed E-state index contributed by atoms with van der Waals surface area (Å²) in [7, 11) is 0. The average molecular weight is 367 g/mol. The molecule has 1 atom stereocenters. The highest BCUT2D eigenvalue weighted by Crippen LogP contribution is 2.42. The quantitative estimate of drug-likeness (QED) is 0.737. The normalized spacial score (nSPS) is 20.2. The molecule has 0 aromatic heterocycles. The van der Waals surface area contributed by atoms with Crippen LogP contribution in [-0.4, -0.2) is 23.5 Å². The topological polar surface area (TPSA) is 46.4 Å². The molecule has 26 heavy (non-hydrogen) atoms. The van der Waals surface area contributed by atoms with Crippen molar-refractivity contribution >= 4 is 23.0 Å². The molecule has 0 saturated carbocycles. The van der Waals surface area contributed by atoms with Gasteiger partial charge in [0.25, 0.3) is 0 Å². The standard InChI is InChI=1S/C20H21N3O2S/c1-13-7-9-15(10-8-13)23-17(21-22-19(23)26)12-24-16-6-4-5-14-11-20(2,3)25-18(14)16/h4-10,17H,11-12H2,1-3H3. The number of anilines is 1. The lowest BCUT2D eigenvalue weighted by Gasteiger charge is -2.24. The number of rotatable bonds is 4. The van der Waals surface area contributed by atoms with Crippen LogP contribution < -0.4 is 14.4 Å². The number of hydrogen-bond acceptors (Lipinski definition) is 4. The van der Waals surface area contributed by atoms with Gasteiger partial charge in [0.15, 0.2) is 17.7 Å². The summed E-state index contributed by atoms with van der Waals surface area (Å²) in [4.78, 5) is 1.92. The highest BCUT2D eigenvalue weighted by Gasteiger charge is 2.33. The predicted molar refractivity (Wildman–Crippen MR) is 105 cm³/mol. The molecule has 2 aromatic carbocycles. The van der Waals surface area contributed by atoms with Gasteiger partial charge in [0, 0.05) is 17.7 Å². The summed E-state index contributed by atoms with van der Waals surface area (Å²) in [6.45, 7) is 6.57. The first-order valence-electron chi connectivity index (χ1n) is 8.67. The third-order valence-electron chi connectivity index (χ3n) is 4.54. The van der Waals surface area contributed by atoms with Crippen LogP contribution >= 0.6 is 12.2 Å². The summed E-state index contributed by atoms with van der Waals surface area (Å²) in [6.07, 6.45) is 0.595. The number of fused-ring (bicyclic) bond motifs is 1. The molecule has 1 unspecified atom stereocenters. The van der Waals surface area contributed by atoms with Crippen LogP contribution in [0.2, 0.25) is 0 Å². The van der Waals surface area contributed by atoms with Crippen LogP contribution in [0.15, 0.2) is 52.7 Å². The Bertz CT molecular complexity index is 877. The number of ether oxygens (including phenoxy) is 2. The molecule has 0 fully saturated rings. The van der Waals surface area contributed by atoms with Crippen LogP contribution in [0.5, 0.6) is 11.5 Å². The lowest BCUT2D eigenvalue weighted by atomic mass is 10.0. The largest absolute Gasteiger partial charge is 0.485 e. The fraction of sp³-hybridized carbons (Fsp3) is 0.350. The fourth-order valence-corrected chi connectivity index (χ4v) is 3.58. The van der Waals surface area contributed by atoms with Gasteiger partial charge in [-0.25, -0.2) is 0 Å². The molecule has 2 aliphatic heterocycles. The molecule has 0 bridgehead atoms. The lowest BCUT2D eigenvalue weighted by molar-refractivity contribution is 0.131. The van der Waals surface area contributed by atoms with Crippen molar-refractivity contribution in [3.8, 4) is 11.5 Å². The van der Waals surface area contributed by atoms with Crippen LogP contribution in [-0.2, 0) is 6.42 Å². The Kier molecular flexibility index (Phi) is 4.15. The minimum Gasteiger partial charge on any atom is -0.485 e. The second-order valence-corrected chi connectivity index (χ2v) is 7.64. The second kappa shape index (κ2) is 6.36. The first-order chi connectivity index (χ1) is 12.4. The Hall–Kier alpha value is -2.47. The number of nitrogens with zero attached hydrogens (tertiary/aromatic N) is 3. The number of hydrogen-bond donors (Lipinski definition) is 0. The molecular formula is C20H21N3O2S. The van der Waals surface area contributed by atoms with E-state index in [2.05, 4.69) is 37.1 Å². The molecule has 2 aliphatic rings. The van der Waals surface area contributed by atoms with E-state index in [0.717, 1.165) is 23.6 Å². The van der Waals surface area contributed by atoms with Gasteiger partial charge in [0.2, 0.25) is 5.11 Å². The van der Waals surface area contributed by atoms with E-state index in [-0.39, 0.29) is 11.8 Å². The number of thiocarbonyl (C=S) groups is 1. The average Bonchev–Trinajstić information content (AvgIpc) is 3.12. The molecule has 134 valence electrons. The number of benzene rings is 2. The molecule has 5 nitrogen and oxygen atoms in total. The van der Waals surface area contributed by atoms with Crippen molar-refractivity contribution in [1.29, 1.82) is 0 Å². The SMILES string of the molecule is Cc1ccc(N2C(=S)N=NC2COc2cccc3c2OC(C)(C)C3)cc1. The van der Waals surface area contributed by atoms with E-state index in [0.29, 0.717) is 11.7 Å². The first-order valence-corrected chi connectivity index (χ1v) is 9.08. The molecule has 2 aromatic rings. The minimum atomic E-state index is -0.282. The van der Waals surface area contributed by atoms with Crippen molar-refractivity contribution in [2.45, 2.75) is 39.0 Å². The molecular weight excluding hydrogens is 346 g/mol.